The minimum absolute atomic E-state index is 0.0238. The Morgan fingerprint density at radius 2 is 1.94 bits per heavy atom. The highest BCUT2D eigenvalue weighted by Crippen LogP contribution is 2.22. The van der Waals surface area contributed by atoms with Crippen molar-refractivity contribution in [3.63, 3.8) is 0 Å². The maximum atomic E-state index is 12.1. The van der Waals surface area contributed by atoms with Crippen LogP contribution in [0.2, 0.25) is 0 Å². The quantitative estimate of drug-likeness (QED) is 0.785. The normalized spacial score (nSPS) is 24.7. The molecule has 104 valence electrons. The van der Waals surface area contributed by atoms with Crippen LogP contribution in [-0.4, -0.2) is 49.6 Å². The smallest absolute Gasteiger partial charge is 0.237 e. The summed E-state index contributed by atoms with van der Waals surface area (Å²) in [5, 5.41) is 6.47. The minimum atomic E-state index is 0.0238. The molecule has 2 rings (SSSR count). The molecule has 0 radical (unpaired) electrons. The lowest BCUT2D eigenvalue weighted by molar-refractivity contribution is -0.126. The number of amides is 1. The molecule has 4 nitrogen and oxygen atoms in total. The highest BCUT2D eigenvalue weighted by atomic mass is 16.2. The summed E-state index contributed by atoms with van der Waals surface area (Å²) in [4.78, 5) is 14.4. The molecule has 0 unspecified atom stereocenters. The van der Waals surface area contributed by atoms with Gasteiger partial charge in [0.25, 0.3) is 0 Å². The summed E-state index contributed by atoms with van der Waals surface area (Å²) < 4.78 is 0. The molecule has 2 N–H and O–H groups in total. The van der Waals surface area contributed by atoms with Crippen molar-refractivity contribution < 1.29 is 4.79 Å². The molecule has 18 heavy (non-hydrogen) atoms. The molecule has 1 aliphatic heterocycles. The van der Waals surface area contributed by atoms with Crippen LogP contribution in [0, 0.1) is 5.92 Å². The maximum Gasteiger partial charge on any atom is 0.237 e. The summed E-state index contributed by atoms with van der Waals surface area (Å²) in [6.07, 6.45) is 6.65. The fourth-order valence-electron chi connectivity index (χ4n) is 3.02. The molecule has 2 aliphatic rings. The Bertz CT molecular complexity index is 258. The number of hydrogen-bond donors (Lipinski definition) is 2. The van der Waals surface area contributed by atoms with E-state index in [0.29, 0.717) is 0 Å². The van der Waals surface area contributed by atoms with Crippen molar-refractivity contribution >= 4 is 5.91 Å². The van der Waals surface area contributed by atoms with Crippen LogP contribution in [0.5, 0.6) is 0 Å². The van der Waals surface area contributed by atoms with E-state index in [0.717, 1.165) is 38.6 Å². The van der Waals surface area contributed by atoms with E-state index >= 15 is 0 Å². The third-order valence-electron chi connectivity index (χ3n) is 4.37. The average molecular weight is 253 g/mol. The highest BCUT2D eigenvalue weighted by molar-refractivity contribution is 5.81. The fourth-order valence-corrected chi connectivity index (χ4v) is 3.02. The summed E-state index contributed by atoms with van der Waals surface area (Å²) in [6.45, 7) is 6.88. The van der Waals surface area contributed by atoms with Crippen molar-refractivity contribution in [3.05, 3.63) is 0 Å². The Kier molecular flexibility index (Phi) is 5.45. The first kappa shape index (κ1) is 13.8. The van der Waals surface area contributed by atoms with Gasteiger partial charge in [-0.2, -0.15) is 0 Å². The van der Waals surface area contributed by atoms with Gasteiger partial charge in [0, 0.05) is 32.7 Å². The lowest BCUT2D eigenvalue weighted by atomic mass is 9.89. The van der Waals surface area contributed by atoms with Crippen LogP contribution < -0.4 is 10.6 Å². The van der Waals surface area contributed by atoms with Crippen molar-refractivity contribution in [1.82, 2.24) is 15.5 Å². The summed E-state index contributed by atoms with van der Waals surface area (Å²) in [5.74, 6) is 0.931. The molecule has 4 heteroatoms. The second-order valence-corrected chi connectivity index (χ2v) is 5.71. The highest BCUT2D eigenvalue weighted by Gasteiger charge is 2.23. The number of nitrogens with zero attached hydrogens (tertiary/aromatic N) is 1. The molecule has 1 atom stereocenters. The monoisotopic (exact) mass is 253 g/mol. The number of hydrogen-bond acceptors (Lipinski definition) is 3. The van der Waals surface area contributed by atoms with E-state index in [1.807, 2.05) is 6.92 Å². The Morgan fingerprint density at radius 3 is 2.61 bits per heavy atom. The van der Waals surface area contributed by atoms with Crippen molar-refractivity contribution in [2.24, 2.45) is 5.92 Å². The molecule has 0 aromatic carbocycles. The molecule has 0 aromatic heterocycles. The number of rotatable bonds is 4. The van der Waals surface area contributed by atoms with Gasteiger partial charge in [-0.25, -0.2) is 0 Å². The van der Waals surface area contributed by atoms with Crippen LogP contribution in [0.4, 0.5) is 0 Å². The molecule has 0 aromatic rings. The van der Waals surface area contributed by atoms with Crippen molar-refractivity contribution in [2.75, 3.05) is 32.7 Å². The predicted molar refractivity (Wildman–Crippen MR) is 73.5 cm³/mol. The summed E-state index contributed by atoms with van der Waals surface area (Å²) in [7, 11) is 0. The summed E-state index contributed by atoms with van der Waals surface area (Å²) in [6, 6.07) is 0.0238. The molecule has 2 fully saturated rings. The van der Waals surface area contributed by atoms with Crippen LogP contribution in [0.15, 0.2) is 0 Å². The second kappa shape index (κ2) is 7.10. The van der Waals surface area contributed by atoms with Gasteiger partial charge >= 0.3 is 0 Å². The first-order chi connectivity index (χ1) is 8.77. The number of carbonyl (C=O) groups excluding carboxylic acids is 1. The van der Waals surface area contributed by atoms with Crippen molar-refractivity contribution in [1.29, 1.82) is 0 Å². The van der Waals surface area contributed by atoms with Gasteiger partial charge in [0.1, 0.15) is 0 Å². The Hall–Kier alpha value is -0.610. The fraction of sp³-hybridized carbons (Fsp3) is 0.929. The van der Waals surface area contributed by atoms with E-state index < -0.39 is 0 Å². The molecule has 1 aliphatic carbocycles. The van der Waals surface area contributed by atoms with Crippen LogP contribution in [-0.2, 0) is 4.79 Å². The van der Waals surface area contributed by atoms with Gasteiger partial charge in [0.05, 0.1) is 6.04 Å². The molecule has 1 amide bonds. The Balaban J connectivity index is 1.69. The van der Waals surface area contributed by atoms with Gasteiger partial charge < -0.3 is 10.6 Å². The number of piperazine rings is 1. The third-order valence-corrected chi connectivity index (χ3v) is 4.37. The largest absolute Gasteiger partial charge is 0.354 e. The molecular weight excluding hydrogens is 226 g/mol. The molecule has 0 bridgehead atoms. The molecule has 0 spiro atoms. The summed E-state index contributed by atoms with van der Waals surface area (Å²) >= 11 is 0. The van der Waals surface area contributed by atoms with Crippen LogP contribution in [0.1, 0.15) is 39.0 Å². The van der Waals surface area contributed by atoms with E-state index in [-0.39, 0.29) is 11.9 Å². The van der Waals surface area contributed by atoms with Gasteiger partial charge in [0.2, 0.25) is 5.91 Å². The molecule has 1 heterocycles. The van der Waals surface area contributed by atoms with E-state index in [4.69, 9.17) is 0 Å². The Labute approximate surface area is 110 Å². The molecule has 1 saturated carbocycles. The number of carbonyl (C=O) groups is 1. The van der Waals surface area contributed by atoms with E-state index in [1.54, 1.807) is 0 Å². The molecule has 1 saturated heterocycles. The zero-order valence-electron chi connectivity index (χ0n) is 11.6. The minimum Gasteiger partial charge on any atom is -0.354 e. The van der Waals surface area contributed by atoms with Gasteiger partial charge in [-0.15, -0.1) is 0 Å². The Morgan fingerprint density at radius 1 is 1.28 bits per heavy atom. The van der Waals surface area contributed by atoms with Gasteiger partial charge in [-0.3, -0.25) is 9.69 Å². The predicted octanol–water partition coefficient (Wildman–Crippen LogP) is 0.977. The van der Waals surface area contributed by atoms with E-state index in [2.05, 4.69) is 15.5 Å². The second-order valence-electron chi connectivity index (χ2n) is 5.71. The zero-order chi connectivity index (χ0) is 12.8. The first-order valence-corrected chi connectivity index (χ1v) is 7.50. The first-order valence-electron chi connectivity index (χ1n) is 7.50. The van der Waals surface area contributed by atoms with Gasteiger partial charge in [0.15, 0.2) is 0 Å². The number of nitrogens with one attached hydrogen (secondary N) is 2. The van der Waals surface area contributed by atoms with E-state index in [9.17, 15) is 4.79 Å². The standard InChI is InChI=1S/C14H27N3O/c1-12(17-9-7-15-8-10-17)14(18)16-11-13-5-3-2-4-6-13/h12-13,15H,2-11H2,1H3,(H,16,18)/t12-/m1/s1. The molecular formula is C14H27N3O. The topological polar surface area (TPSA) is 44.4 Å². The van der Waals surface area contributed by atoms with Crippen LogP contribution >= 0.6 is 0 Å². The van der Waals surface area contributed by atoms with Crippen molar-refractivity contribution in [3.8, 4) is 0 Å². The SMILES string of the molecule is C[C@H](C(=O)NCC1CCCCC1)N1CCNCC1. The van der Waals surface area contributed by atoms with Gasteiger partial charge in [-0.1, -0.05) is 19.3 Å². The lowest BCUT2D eigenvalue weighted by Crippen LogP contribution is -2.53. The maximum absolute atomic E-state index is 12.1. The van der Waals surface area contributed by atoms with Gasteiger partial charge in [-0.05, 0) is 25.7 Å². The third kappa shape index (κ3) is 3.95. The summed E-state index contributed by atoms with van der Waals surface area (Å²) in [5.41, 5.74) is 0. The van der Waals surface area contributed by atoms with Crippen LogP contribution in [0.25, 0.3) is 0 Å². The zero-order valence-corrected chi connectivity index (χ0v) is 11.6. The average Bonchev–Trinajstić information content (AvgIpc) is 2.46. The lowest BCUT2D eigenvalue weighted by Gasteiger charge is -2.32. The van der Waals surface area contributed by atoms with Crippen LogP contribution in [0.3, 0.4) is 0 Å². The van der Waals surface area contributed by atoms with Crippen molar-refractivity contribution in [2.45, 2.75) is 45.1 Å². The van der Waals surface area contributed by atoms with E-state index in [1.165, 1.54) is 32.1 Å².